The summed E-state index contributed by atoms with van der Waals surface area (Å²) in [6, 6.07) is 20.2. The van der Waals surface area contributed by atoms with Gasteiger partial charge in [0.25, 0.3) is 0 Å². The van der Waals surface area contributed by atoms with E-state index in [1.807, 2.05) is 65.3 Å². The highest BCUT2D eigenvalue weighted by Gasteiger charge is 2.11. The number of rotatable bonds is 4. The lowest BCUT2D eigenvalue weighted by molar-refractivity contribution is 0.812. The molecule has 2 aromatic carbocycles. The molecule has 2 heterocycles. The molecular formula is C20H15ClN4. The first-order valence-electron chi connectivity index (χ1n) is 7.95. The van der Waals surface area contributed by atoms with Gasteiger partial charge < -0.3 is 4.57 Å². The smallest absolute Gasteiger partial charge is 0.165 e. The Morgan fingerprint density at radius 3 is 2.36 bits per heavy atom. The summed E-state index contributed by atoms with van der Waals surface area (Å²) in [5.74, 6) is 0.566. The van der Waals surface area contributed by atoms with Crippen molar-refractivity contribution in [3.05, 3.63) is 89.1 Å². The SMILES string of the molecule is Clc1nc(/C=C/c2ccccc2)nc2c1ncn2Cc1ccccc1. The Hall–Kier alpha value is -2.98. The fourth-order valence-electron chi connectivity index (χ4n) is 2.63. The molecule has 0 radical (unpaired) electrons. The molecule has 4 rings (SSSR count). The molecule has 2 aromatic heterocycles. The average molecular weight is 347 g/mol. The molecule has 0 N–H and O–H groups in total. The lowest BCUT2D eigenvalue weighted by Crippen LogP contribution is -2.00. The van der Waals surface area contributed by atoms with E-state index in [1.54, 1.807) is 6.33 Å². The van der Waals surface area contributed by atoms with Gasteiger partial charge in [0, 0.05) is 0 Å². The number of nitrogens with zero attached hydrogens (tertiary/aromatic N) is 4. The molecule has 25 heavy (non-hydrogen) atoms. The molecule has 0 fully saturated rings. The van der Waals surface area contributed by atoms with Gasteiger partial charge in [0.2, 0.25) is 0 Å². The van der Waals surface area contributed by atoms with Crippen molar-refractivity contribution in [3.63, 3.8) is 0 Å². The minimum atomic E-state index is 0.365. The molecule has 4 aromatic rings. The van der Waals surface area contributed by atoms with Crippen LogP contribution >= 0.6 is 11.6 Å². The highest BCUT2D eigenvalue weighted by Crippen LogP contribution is 2.20. The van der Waals surface area contributed by atoms with Crippen molar-refractivity contribution in [3.8, 4) is 0 Å². The Morgan fingerprint density at radius 1 is 0.880 bits per heavy atom. The zero-order valence-electron chi connectivity index (χ0n) is 13.4. The van der Waals surface area contributed by atoms with E-state index in [0.29, 0.717) is 23.0 Å². The molecule has 0 unspecified atom stereocenters. The largest absolute Gasteiger partial charge is 0.311 e. The molecule has 0 aliphatic heterocycles. The number of benzene rings is 2. The van der Waals surface area contributed by atoms with E-state index in [2.05, 4.69) is 27.1 Å². The van der Waals surface area contributed by atoms with E-state index >= 15 is 0 Å². The van der Waals surface area contributed by atoms with Crippen LogP contribution in [0.4, 0.5) is 0 Å². The summed E-state index contributed by atoms with van der Waals surface area (Å²) >= 11 is 6.30. The summed E-state index contributed by atoms with van der Waals surface area (Å²) in [6.07, 6.45) is 5.58. The monoisotopic (exact) mass is 346 g/mol. The molecule has 122 valence electrons. The highest BCUT2D eigenvalue weighted by molar-refractivity contribution is 6.33. The summed E-state index contributed by atoms with van der Waals surface area (Å²) in [4.78, 5) is 13.3. The zero-order chi connectivity index (χ0) is 17.1. The predicted molar refractivity (Wildman–Crippen MR) is 101 cm³/mol. The number of imidazole rings is 1. The van der Waals surface area contributed by atoms with Crippen molar-refractivity contribution >= 4 is 34.9 Å². The Bertz CT molecular complexity index is 1020. The van der Waals surface area contributed by atoms with Crippen molar-refractivity contribution in [2.24, 2.45) is 0 Å². The number of fused-ring (bicyclic) bond motifs is 1. The molecule has 0 spiro atoms. The van der Waals surface area contributed by atoms with Crippen molar-refractivity contribution in [1.29, 1.82) is 0 Å². The third-order valence-electron chi connectivity index (χ3n) is 3.86. The van der Waals surface area contributed by atoms with Gasteiger partial charge >= 0.3 is 0 Å². The van der Waals surface area contributed by atoms with Gasteiger partial charge in [0.15, 0.2) is 16.6 Å². The van der Waals surface area contributed by atoms with Crippen LogP contribution in [0.5, 0.6) is 0 Å². The quantitative estimate of drug-likeness (QED) is 0.503. The van der Waals surface area contributed by atoms with E-state index < -0.39 is 0 Å². The van der Waals surface area contributed by atoms with Gasteiger partial charge in [0.05, 0.1) is 12.9 Å². The van der Waals surface area contributed by atoms with Gasteiger partial charge in [-0.2, -0.15) is 0 Å². The van der Waals surface area contributed by atoms with E-state index in [4.69, 9.17) is 11.6 Å². The maximum atomic E-state index is 6.30. The summed E-state index contributed by atoms with van der Waals surface area (Å²) in [6.45, 7) is 0.687. The summed E-state index contributed by atoms with van der Waals surface area (Å²) < 4.78 is 1.98. The van der Waals surface area contributed by atoms with Gasteiger partial charge in [-0.05, 0) is 17.2 Å². The first-order chi connectivity index (χ1) is 12.3. The molecular weight excluding hydrogens is 332 g/mol. The van der Waals surface area contributed by atoms with Crippen LogP contribution in [0.2, 0.25) is 5.15 Å². The third-order valence-corrected chi connectivity index (χ3v) is 4.12. The normalized spacial score (nSPS) is 11.4. The van der Waals surface area contributed by atoms with E-state index in [1.165, 1.54) is 5.56 Å². The average Bonchev–Trinajstić information content (AvgIpc) is 3.05. The highest BCUT2D eigenvalue weighted by atomic mass is 35.5. The fraction of sp³-hybridized carbons (Fsp3) is 0.0500. The Balaban J connectivity index is 1.70. The molecule has 0 aliphatic carbocycles. The first-order valence-corrected chi connectivity index (χ1v) is 8.33. The molecule has 0 bridgehead atoms. The lowest BCUT2D eigenvalue weighted by Gasteiger charge is -2.04. The van der Waals surface area contributed by atoms with Gasteiger partial charge in [0.1, 0.15) is 5.52 Å². The van der Waals surface area contributed by atoms with Crippen molar-refractivity contribution in [2.45, 2.75) is 6.54 Å². The van der Waals surface area contributed by atoms with Crippen LogP contribution in [0.1, 0.15) is 17.0 Å². The lowest BCUT2D eigenvalue weighted by atomic mass is 10.2. The first kappa shape index (κ1) is 15.5. The molecule has 0 aliphatic rings. The van der Waals surface area contributed by atoms with Gasteiger partial charge in [-0.1, -0.05) is 78.3 Å². The minimum Gasteiger partial charge on any atom is -0.311 e. The summed E-state index contributed by atoms with van der Waals surface area (Å²) in [5, 5.41) is 0.365. The predicted octanol–water partition coefficient (Wildman–Crippen LogP) is 4.70. The maximum Gasteiger partial charge on any atom is 0.165 e. The van der Waals surface area contributed by atoms with Crippen LogP contribution in [0.25, 0.3) is 23.3 Å². The van der Waals surface area contributed by atoms with Crippen LogP contribution < -0.4 is 0 Å². The fourth-order valence-corrected chi connectivity index (χ4v) is 2.85. The zero-order valence-corrected chi connectivity index (χ0v) is 14.1. The topological polar surface area (TPSA) is 43.6 Å². The maximum absolute atomic E-state index is 6.30. The van der Waals surface area contributed by atoms with Crippen LogP contribution in [0.3, 0.4) is 0 Å². The molecule has 5 heteroatoms. The summed E-state index contributed by atoms with van der Waals surface area (Å²) in [7, 11) is 0. The van der Waals surface area contributed by atoms with Gasteiger partial charge in [-0.3, -0.25) is 0 Å². The van der Waals surface area contributed by atoms with E-state index in [9.17, 15) is 0 Å². The number of aromatic nitrogens is 4. The van der Waals surface area contributed by atoms with Gasteiger partial charge in [-0.25, -0.2) is 15.0 Å². The van der Waals surface area contributed by atoms with Crippen molar-refractivity contribution < 1.29 is 0 Å². The Kier molecular flexibility index (Phi) is 4.27. The second kappa shape index (κ2) is 6.87. The standard InChI is InChI=1S/C20H15ClN4/c21-19-18-20(25(14-22-18)13-16-9-5-2-6-10-16)24-17(23-19)12-11-15-7-3-1-4-8-15/h1-12,14H,13H2/b12-11+. The molecule has 0 saturated heterocycles. The number of halogens is 1. The van der Waals surface area contributed by atoms with Crippen molar-refractivity contribution in [1.82, 2.24) is 19.5 Å². The van der Waals surface area contributed by atoms with E-state index in [0.717, 1.165) is 11.2 Å². The molecule has 4 nitrogen and oxygen atoms in total. The second-order valence-electron chi connectivity index (χ2n) is 5.65. The van der Waals surface area contributed by atoms with Crippen molar-refractivity contribution in [2.75, 3.05) is 0 Å². The number of hydrogen-bond acceptors (Lipinski definition) is 3. The van der Waals surface area contributed by atoms with E-state index in [-0.39, 0.29) is 0 Å². The van der Waals surface area contributed by atoms with Crippen LogP contribution in [-0.4, -0.2) is 19.5 Å². The second-order valence-corrected chi connectivity index (χ2v) is 6.00. The summed E-state index contributed by atoms with van der Waals surface area (Å²) in [5.41, 5.74) is 3.61. The molecule has 0 amide bonds. The van der Waals surface area contributed by atoms with Crippen LogP contribution in [-0.2, 0) is 6.54 Å². The van der Waals surface area contributed by atoms with Crippen LogP contribution in [0, 0.1) is 0 Å². The Morgan fingerprint density at radius 2 is 1.60 bits per heavy atom. The van der Waals surface area contributed by atoms with Gasteiger partial charge in [-0.15, -0.1) is 0 Å². The number of hydrogen-bond donors (Lipinski definition) is 0. The minimum absolute atomic E-state index is 0.365. The van der Waals surface area contributed by atoms with Crippen LogP contribution in [0.15, 0.2) is 67.0 Å². The molecule has 0 saturated carbocycles. The Labute approximate surface area is 150 Å². The third kappa shape index (κ3) is 3.44. The molecule has 0 atom stereocenters.